The fourth-order valence-electron chi connectivity index (χ4n) is 1.86. The zero-order valence-corrected chi connectivity index (χ0v) is 9.61. The molecule has 0 bridgehead atoms. The quantitative estimate of drug-likeness (QED) is 0.736. The number of imidazole rings is 1. The summed E-state index contributed by atoms with van der Waals surface area (Å²) in [6, 6.07) is 0. The number of nitrogens with one attached hydrogen (secondary N) is 2. The summed E-state index contributed by atoms with van der Waals surface area (Å²) in [6.07, 6.45) is 5.50. The Kier molecular flexibility index (Phi) is 3.74. The summed E-state index contributed by atoms with van der Waals surface area (Å²) >= 11 is 0. The predicted octanol–water partition coefficient (Wildman–Crippen LogP) is -0.309. The number of hydrogen-bond acceptors (Lipinski definition) is 3. The summed E-state index contributed by atoms with van der Waals surface area (Å²) in [5.41, 5.74) is 0.988. The first-order chi connectivity index (χ1) is 8.25. The molecule has 0 saturated carbocycles. The summed E-state index contributed by atoms with van der Waals surface area (Å²) in [5.74, 6) is -0.0199. The van der Waals surface area contributed by atoms with Gasteiger partial charge in [0.25, 0.3) is 0 Å². The van der Waals surface area contributed by atoms with Crippen LogP contribution in [-0.4, -0.2) is 46.3 Å². The molecule has 6 heteroatoms. The maximum atomic E-state index is 11.5. The van der Waals surface area contributed by atoms with Crippen molar-refractivity contribution >= 4 is 11.8 Å². The Morgan fingerprint density at radius 1 is 1.59 bits per heavy atom. The second-order valence-electron chi connectivity index (χ2n) is 4.10. The normalized spacial score (nSPS) is 15.3. The van der Waals surface area contributed by atoms with Crippen molar-refractivity contribution in [1.29, 1.82) is 0 Å². The van der Waals surface area contributed by atoms with Crippen molar-refractivity contribution in [3.8, 4) is 0 Å². The van der Waals surface area contributed by atoms with Crippen LogP contribution in [0.25, 0.3) is 0 Å². The molecule has 0 unspecified atom stereocenters. The highest BCUT2D eigenvalue weighted by Gasteiger charge is 2.21. The first-order valence-electron chi connectivity index (χ1n) is 5.77. The third-order valence-corrected chi connectivity index (χ3v) is 2.78. The van der Waals surface area contributed by atoms with Gasteiger partial charge in [-0.05, 0) is 6.42 Å². The van der Waals surface area contributed by atoms with Crippen LogP contribution in [0.15, 0.2) is 12.5 Å². The summed E-state index contributed by atoms with van der Waals surface area (Å²) in [4.78, 5) is 31.3. The number of likely N-dealkylation sites (tertiary alicyclic amines) is 1. The molecule has 1 aromatic rings. The Bertz CT molecular complexity index is 388. The van der Waals surface area contributed by atoms with Crippen LogP contribution in [0.2, 0.25) is 0 Å². The Labute approximate surface area is 99.4 Å². The summed E-state index contributed by atoms with van der Waals surface area (Å²) in [6.45, 7) is 1.44. The highest BCUT2D eigenvalue weighted by atomic mass is 16.2. The highest BCUT2D eigenvalue weighted by molar-refractivity contribution is 5.85. The largest absolute Gasteiger partial charge is 0.354 e. The first-order valence-corrected chi connectivity index (χ1v) is 5.77. The standard InChI is InChI=1S/C11H16N4O2/c16-10(7-15-5-1-2-11(15)17)13-4-3-9-6-12-8-14-9/h6,8H,1-5,7H2,(H,12,14)(H,13,16). The SMILES string of the molecule is O=C(CN1CCCC1=O)NCCc1cnc[nH]1. The van der Waals surface area contributed by atoms with Gasteiger partial charge in [0.2, 0.25) is 11.8 Å². The van der Waals surface area contributed by atoms with Gasteiger partial charge in [-0.25, -0.2) is 4.98 Å². The molecule has 2 rings (SSSR count). The van der Waals surface area contributed by atoms with Gasteiger partial charge in [-0.15, -0.1) is 0 Å². The van der Waals surface area contributed by atoms with Crippen LogP contribution < -0.4 is 5.32 Å². The molecule has 92 valence electrons. The van der Waals surface area contributed by atoms with Crippen molar-refractivity contribution in [2.24, 2.45) is 0 Å². The molecule has 2 amide bonds. The van der Waals surface area contributed by atoms with Gasteiger partial charge < -0.3 is 15.2 Å². The second-order valence-corrected chi connectivity index (χ2v) is 4.10. The second kappa shape index (κ2) is 5.47. The monoisotopic (exact) mass is 236 g/mol. The molecule has 0 aliphatic carbocycles. The van der Waals surface area contributed by atoms with E-state index in [4.69, 9.17) is 0 Å². The fourth-order valence-corrected chi connectivity index (χ4v) is 1.86. The van der Waals surface area contributed by atoms with Crippen LogP contribution in [0.1, 0.15) is 18.5 Å². The average molecular weight is 236 g/mol. The lowest BCUT2D eigenvalue weighted by Crippen LogP contribution is -2.38. The van der Waals surface area contributed by atoms with Gasteiger partial charge in [0.1, 0.15) is 0 Å². The van der Waals surface area contributed by atoms with E-state index in [9.17, 15) is 9.59 Å². The summed E-state index contributed by atoms with van der Waals surface area (Å²) in [5, 5.41) is 2.79. The number of carbonyl (C=O) groups is 2. The minimum Gasteiger partial charge on any atom is -0.354 e. The van der Waals surface area contributed by atoms with E-state index in [2.05, 4.69) is 15.3 Å². The first kappa shape index (κ1) is 11.6. The van der Waals surface area contributed by atoms with Crippen molar-refractivity contribution in [3.63, 3.8) is 0 Å². The van der Waals surface area contributed by atoms with E-state index < -0.39 is 0 Å². The van der Waals surface area contributed by atoms with Crippen LogP contribution in [-0.2, 0) is 16.0 Å². The van der Waals surface area contributed by atoms with Crippen LogP contribution in [0.5, 0.6) is 0 Å². The number of nitrogens with zero attached hydrogens (tertiary/aromatic N) is 2. The van der Waals surface area contributed by atoms with Crippen molar-refractivity contribution < 1.29 is 9.59 Å². The van der Waals surface area contributed by atoms with Gasteiger partial charge in [0.05, 0.1) is 12.9 Å². The van der Waals surface area contributed by atoms with E-state index in [1.165, 1.54) is 0 Å². The van der Waals surface area contributed by atoms with E-state index in [0.29, 0.717) is 19.5 Å². The molecule has 0 spiro atoms. The maximum Gasteiger partial charge on any atom is 0.239 e. The zero-order chi connectivity index (χ0) is 12.1. The van der Waals surface area contributed by atoms with Gasteiger partial charge in [-0.1, -0.05) is 0 Å². The molecular formula is C11H16N4O2. The molecule has 1 aliphatic rings. The predicted molar refractivity (Wildman–Crippen MR) is 61.1 cm³/mol. The number of H-pyrrole nitrogens is 1. The molecule has 0 atom stereocenters. The topological polar surface area (TPSA) is 78.1 Å². The molecule has 17 heavy (non-hydrogen) atoms. The zero-order valence-electron chi connectivity index (χ0n) is 9.61. The molecular weight excluding hydrogens is 220 g/mol. The van der Waals surface area contributed by atoms with E-state index in [1.54, 1.807) is 17.4 Å². The van der Waals surface area contributed by atoms with Crippen LogP contribution in [0.4, 0.5) is 0 Å². The van der Waals surface area contributed by atoms with Crippen molar-refractivity contribution in [2.75, 3.05) is 19.6 Å². The average Bonchev–Trinajstić information content (AvgIpc) is 2.92. The highest BCUT2D eigenvalue weighted by Crippen LogP contribution is 2.08. The number of amides is 2. The smallest absolute Gasteiger partial charge is 0.239 e. The summed E-state index contributed by atoms with van der Waals surface area (Å²) < 4.78 is 0. The molecule has 6 nitrogen and oxygen atoms in total. The minimum atomic E-state index is -0.0974. The fraction of sp³-hybridized carbons (Fsp3) is 0.545. The van der Waals surface area contributed by atoms with E-state index >= 15 is 0 Å². The van der Waals surface area contributed by atoms with Gasteiger partial charge in [0.15, 0.2) is 0 Å². The molecule has 2 N–H and O–H groups in total. The molecule has 1 fully saturated rings. The van der Waals surface area contributed by atoms with Gasteiger partial charge >= 0.3 is 0 Å². The van der Waals surface area contributed by atoms with Crippen molar-refractivity contribution in [2.45, 2.75) is 19.3 Å². The van der Waals surface area contributed by atoms with Crippen LogP contribution >= 0.6 is 0 Å². The lowest BCUT2D eigenvalue weighted by Gasteiger charge is -2.14. The number of aromatic nitrogens is 2. The Hall–Kier alpha value is -1.85. The van der Waals surface area contributed by atoms with Crippen LogP contribution in [0.3, 0.4) is 0 Å². The Morgan fingerprint density at radius 3 is 3.12 bits per heavy atom. The Morgan fingerprint density at radius 2 is 2.47 bits per heavy atom. The van der Waals surface area contributed by atoms with E-state index in [-0.39, 0.29) is 18.4 Å². The molecule has 1 aliphatic heterocycles. The van der Waals surface area contributed by atoms with E-state index in [1.807, 2.05) is 0 Å². The number of rotatable bonds is 5. The number of carbonyl (C=O) groups excluding carboxylic acids is 2. The minimum absolute atomic E-state index is 0.0775. The third-order valence-electron chi connectivity index (χ3n) is 2.78. The molecule has 1 aromatic heterocycles. The number of hydrogen-bond donors (Lipinski definition) is 2. The number of aromatic amines is 1. The van der Waals surface area contributed by atoms with Gasteiger partial charge in [0, 0.05) is 37.8 Å². The van der Waals surface area contributed by atoms with Gasteiger partial charge in [-0.3, -0.25) is 9.59 Å². The maximum absolute atomic E-state index is 11.5. The molecule has 0 aromatic carbocycles. The molecule has 1 saturated heterocycles. The summed E-state index contributed by atoms with van der Waals surface area (Å²) in [7, 11) is 0. The lowest BCUT2D eigenvalue weighted by atomic mass is 10.3. The van der Waals surface area contributed by atoms with Crippen molar-refractivity contribution in [1.82, 2.24) is 20.2 Å². The third kappa shape index (κ3) is 3.30. The van der Waals surface area contributed by atoms with Crippen molar-refractivity contribution in [3.05, 3.63) is 18.2 Å². The molecule has 0 radical (unpaired) electrons. The molecule has 2 heterocycles. The van der Waals surface area contributed by atoms with E-state index in [0.717, 1.165) is 18.5 Å². The van der Waals surface area contributed by atoms with Crippen LogP contribution in [0, 0.1) is 0 Å². The Balaban J connectivity index is 1.65. The van der Waals surface area contributed by atoms with Gasteiger partial charge in [-0.2, -0.15) is 0 Å². The lowest BCUT2D eigenvalue weighted by molar-refractivity contribution is -0.133.